The third-order valence-corrected chi connectivity index (χ3v) is 10.2. The van der Waals surface area contributed by atoms with Crippen molar-refractivity contribution in [2.24, 2.45) is 23.2 Å². The number of anilines is 1. The van der Waals surface area contributed by atoms with Crippen molar-refractivity contribution in [3.63, 3.8) is 0 Å². The van der Waals surface area contributed by atoms with Crippen molar-refractivity contribution in [3.05, 3.63) is 76.3 Å². The quantitative estimate of drug-likeness (QED) is 0.275. The smallest absolute Gasteiger partial charge is 0.343 e. The Kier molecular flexibility index (Phi) is 6.88. The lowest BCUT2D eigenvalue weighted by molar-refractivity contribution is -0.129. The van der Waals surface area contributed by atoms with Gasteiger partial charge in [0.1, 0.15) is 11.5 Å². The molecule has 0 saturated heterocycles. The average molecular weight is 543 g/mol. The third-order valence-electron chi connectivity index (χ3n) is 9.37. The summed E-state index contributed by atoms with van der Waals surface area (Å²) in [7, 11) is 0. The van der Waals surface area contributed by atoms with Crippen LogP contribution < -0.4 is 10.1 Å². The van der Waals surface area contributed by atoms with Gasteiger partial charge in [-0.05, 0) is 98.1 Å². The van der Waals surface area contributed by atoms with Gasteiger partial charge in [0.2, 0.25) is 5.91 Å². The van der Waals surface area contributed by atoms with Gasteiger partial charge in [0.05, 0.1) is 5.56 Å². The molecule has 202 valence electrons. The Bertz CT molecular complexity index is 1420. The number of aryl methyl sites for hydroxylation is 2. The predicted octanol–water partition coefficient (Wildman–Crippen LogP) is 6.74. The minimum Gasteiger partial charge on any atom is -0.423 e. The van der Waals surface area contributed by atoms with E-state index in [2.05, 4.69) is 23.3 Å². The molecule has 5 unspecified atom stereocenters. The van der Waals surface area contributed by atoms with Gasteiger partial charge < -0.3 is 10.1 Å². The molecule has 2 aromatic carbocycles. The average Bonchev–Trinajstić information content (AvgIpc) is 3.46. The first-order chi connectivity index (χ1) is 18.8. The van der Waals surface area contributed by atoms with E-state index >= 15 is 0 Å². The molecule has 0 radical (unpaired) electrons. The Labute approximate surface area is 233 Å². The number of thiazole rings is 1. The number of carbonyl (C=O) groups is 3. The molecule has 3 aromatic rings. The number of aromatic nitrogens is 1. The number of ether oxygens (including phenoxy) is 1. The van der Waals surface area contributed by atoms with Crippen LogP contribution in [0.1, 0.15) is 77.7 Å². The van der Waals surface area contributed by atoms with E-state index in [9.17, 15) is 14.4 Å². The molecule has 0 bridgehead atoms. The molecule has 1 N–H and O–H groups in total. The lowest BCUT2D eigenvalue weighted by Gasteiger charge is -2.50. The molecule has 2 saturated carbocycles. The number of carbonyl (C=O) groups excluding carboxylic acids is 3. The lowest BCUT2D eigenvalue weighted by atomic mass is 9.54. The van der Waals surface area contributed by atoms with Crippen molar-refractivity contribution in [3.8, 4) is 5.75 Å². The Hall–Kier alpha value is -3.32. The van der Waals surface area contributed by atoms with E-state index in [-0.39, 0.29) is 23.2 Å². The van der Waals surface area contributed by atoms with Gasteiger partial charge in [0, 0.05) is 29.3 Å². The molecule has 3 aliphatic carbocycles. The fourth-order valence-electron chi connectivity index (χ4n) is 7.60. The maximum absolute atomic E-state index is 13.3. The van der Waals surface area contributed by atoms with E-state index in [1.165, 1.54) is 22.5 Å². The van der Waals surface area contributed by atoms with Gasteiger partial charge in [-0.2, -0.15) is 0 Å². The summed E-state index contributed by atoms with van der Waals surface area (Å²) in [4.78, 5) is 43.9. The van der Waals surface area contributed by atoms with Gasteiger partial charge in [0.25, 0.3) is 0 Å². The number of fused-ring (bicyclic) bond motifs is 5. The summed E-state index contributed by atoms with van der Waals surface area (Å²) in [5, 5.41) is 3.56. The molecule has 3 aliphatic rings. The third kappa shape index (κ3) is 4.93. The molecule has 39 heavy (non-hydrogen) atoms. The topological polar surface area (TPSA) is 85.4 Å². The lowest BCUT2D eigenvalue weighted by Crippen LogP contribution is -2.44. The predicted molar refractivity (Wildman–Crippen MR) is 151 cm³/mol. The minimum absolute atomic E-state index is 0.0238. The summed E-state index contributed by atoms with van der Waals surface area (Å²) >= 11 is 1.48. The zero-order valence-corrected chi connectivity index (χ0v) is 23.3. The molecule has 1 amide bonds. The van der Waals surface area contributed by atoms with Crippen molar-refractivity contribution >= 4 is 34.1 Å². The highest BCUT2D eigenvalue weighted by molar-refractivity contribution is 7.15. The Morgan fingerprint density at radius 2 is 1.97 bits per heavy atom. The number of Topliss-reactive ketones (excluding diaryl/α,β-unsaturated/α-hetero) is 1. The molecule has 6 nitrogen and oxygen atoms in total. The van der Waals surface area contributed by atoms with Crippen LogP contribution in [0.4, 0.5) is 5.13 Å². The zero-order valence-electron chi connectivity index (χ0n) is 22.4. The summed E-state index contributed by atoms with van der Waals surface area (Å²) in [6.45, 7) is 4.15. The number of rotatable bonds is 6. The normalized spacial score (nSPS) is 27.3. The summed E-state index contributed by atoms with van der Waals surface area (Å²) < 4.78 is 5.69. The first kappa shape index (κ1) is 25.9. The van der Waals surface area contributed by atoms with Crippen LogP contribution in [0.3, 0.4) is 0 Å². The standard InChI is InChI=1S/C32H34N2O4S/c1-19-18-33-31(39-19)34-28(36)13-9-22-17-27(35)32(2)15-14-25-24-12-10-23(16-21(24)8-11-26(25)29(22)32)38-30(37)20-6-4-3-5-7-20/h3-7,10,12,16,18,22,25-26,29H,8-9,11,13-15,17H2,1-2H3,(H,33,34,36). The molecular formula is C32H34N2O4S. The number of hydrogen-bond donors (Lipinski definition) is 1. The van der Waals surface area contributed by atoms with Crippen molar-refractivity contribution in [1.82, 2.24) is 4.98 Å². The molecule has 2 fully saturated rings. The molecule has 6 rings (SSSR count). The Morgan fingerprint density at radius 3 is 2.74 bits per heavy atom. The number of ketones is 1. The van der Waals surface area contributed by atoms with E-state index in [1.54, 1.807) is 18.3 Å². The van der Waals surface area contributed by atoms with E-state index in [4.69, 9.17) is 4.74 Å². The van der Waals surface area contributed by atoms with E-state index in [0.717, 1.165) is 37.0 Å². The summed E-state index contributed by atoms with van der Waals surface area (Å²) in [6.07, 6.45) is 7.29. The van der Waals surface area contributed by atoms with Crippen molar-refractivity contribution < 1.29 is 19.1 Å². The minimum atomic E-state index is -0.348. The number of nitrogens with zero attached hydrogens (tertiary/aromatic N) is 1. The maximum atomic E-state index is 13.3. The number of benzene rings is 2. The second kappa shape index (κ2) is 10.3. The largest absolute Gasteiger partial charge is 0.423 e. The second-order valence-electron chi connectivity index (χ2n) is 11.7. The Balaban J connectivity index is 1.17. The molecule has 7 heteroatoms. The first-order valence-electron chi connectivity index (χ1n) is 14.0. The van der Waals surface area contributed by atoms with Crippen LogP contribution in [0.5, 0.6) is 5.75 Å². The summed E-state index contributed by atoms with van der Waals surface area (Å²) in [6, 6.07) is 15.1. The van der Waals surface area contributed by atoms with Gasteiger partial charge in [-0.25, -0.2) is 9.78 Å². The fourth-order valence-corrected chi connectivity index (χ4v) is 8.28. The van der Waals surface area contributed by atoms with Crippen LogP contribution in [-0.2, 0) is 16.0 Å². The SMILES string of the molecule is Cc1cnc(NC(=O)CCC2CC(=O)C3(C)CCC4c5ccc(OC(=O)c6ccccc6)cc5CCC4C23)s1. The van der Waals surface area contributed by atoms with Gasteiger partial charge in [-0.1, -0.05) is 31.2 Å². The highest BCUT2D eigenvalue weighted by atomic mass is 32.1. The Morgan fingerprint density at radius 1 is 1.15 bits per heavy atom. The second-order valence-corrected chi connectivity index (χ2v) is 12.9. The van der Waals surface area contributed by atoms with Gasteiger partial charge in [0.15, 0.2) is 5.13 Å². The van der Waals surface area contributed by atoms with Gasteiger partial charge in [-0.15, -0.1) is 11.3 Å². The first-order valence-corrected chi connectivity index (χ1v) is 14.8. The van der Waals surface area contributed by atoms with Crippen LogP contribution in [0.2, 0.25) is 0 Å². The molecule has 0 aliphatic heterocycles. The van der Waals surface area contributed by atoms with Gasteiger partial charge in [-0.3, -0.25) is 9.59 Å². The number of hydrogen-bond acceptors (Lipinski definition) is 6. The number of esters is 1. The molecule has 1 aromatic heterocycles. The van der Waals surface area contributed by atoms with Gasteiger partial charge >= 0.3 is 5.97 Å². The van der Waals surface area contributed by atoms with E-state index in [1.807, 2.05) is 37.3 Å². The molecule has 0 spiro atoms. The van der Waals surface area contributed by atoms with Crippen LogP contribution in [0.25, 0.3) is 0 Å². The summed E-state index contributed by atoms with van der Waals surface area (Å²) in [5.41, 5.74) is 2.83. The number of nitrogens with one attached hydrogen (secondary N) is 1. The van der Waals surface area contributed by atoms with E-state index < -0.39 is 0 Å². The zero-order chi connectivity index (χ0) is 27.1. The maximum Gasteiger partial charge on any atom is 0.343 e. The molecule has 5 atom stereocenters. The summed E-state index contributed by atoms with van der Waals surface area (Å²) in [5.74, 6) is 1.93. The van der Waals surface area contributed by atoms with Crippen molar-refractivity contribution in [1.29, 1.82) is 0 Å². The van der Waals surface area contributed by atoms with Crippen molar-refractivity contribution in [2.45, 2.75) is 64.7 Å². The molecule has 1 heterocycles. The van der Waals surface area contributed by atoms with E-state index in [0.29, 0.717) is 52.8 Å². The highest BCUT2D eigenvalue weighted by Gasteiger charge is 2.58. The fraction of sp³-hybridized carbons (Fsp3) is 0.438. The van der Waals surface area contributed by atoms with Crippen LogP contribution in [-0.4, -0.2) is 22.6 Å². The van der Waals surface area contributed by atoms with Crippen LogP contribution in [0.15, 0.2) is 54.7 Å². The molecular weight excluding hydrogens is 508 g/mol. The van der Waals surface area contributed by atoms with Crippen LogP contribution >= 0.6 is 11.3 Å². The van der Waals surface area contributed by atoms with Crippen LogP contribution in [0, 0.1) is 30.1 Å². The number of amides is 1. The highest BCUT2D eigenvalue weighted by Crippen LogP contribution is 2.62. The monoisotopic (exact) mass is 542 g/mol. The van der Waals surface area contributed by atoms with Crippen molar-refractivity contribution in [2.75, 3.05) is 5.32 Å².